The van der Waals surface area contributed by atoms with Gasteiger partial charge in [0.15, 0.2) is 5.75 Å². The number of rotatable bonds is 2. The van der Waals surface area contributed by atoms with E-state index in [-0.39, 0.29) is 0 Å². The molecule has 4 heteroatoms. The average molecular weight is 218 g/mol. The first kappa shape index (κ1) is 8.33. The SMILES string of the molecule is CCOc1cc(Br)c[n+](N)c1. The Kier molecular flexibility index (Phi) is 2.70. The van der Waals surface area contributed by atoms with Crippen molar-refractivity contribution in [2.24, 2.45) is 0 Å². The number of ether oxygens (including phenoxy) is 1. The predicted molar refractivity (Wildman–Crippen MR) is 45.7 cm³/mol. The van der Waals surface area contributed by atoms with Gasteiger partial charge in [-0.25, -0.2) is 5.84 Å². The number of hydrogen-bond acceptors (Lipinski definition) is 2. The molecule has 0 unspecified atom stereocenters. The Labute approximate surface area is 73.9 Å². The van der Waals surface area contributed by atoms with Crippen LogP contribution < -0.4 is 15.3 Å². The van der Waals surface area contributed by atoms with Gasteiger partial charge in [0.1, 0.15) is 0 Å². The Bertz CT molecular complexity index is 232. The van der Waals surface area contributed by atoms with E-state index in [0.717, 1.165) is 10.2 Å². The quantitative estimate of drug-likeness (QED) is 0.590. The van der Waals surface area contributed by atoms with Crippen LogP contribution in [0.4, 0.5) is 0 Å². The molecule has 3 nitrogen and oxygen atoms in total. The fraction of sp³-hybridized carbons (Fsp3) is 0.286. The van der Waals surface area contributed by atoms with Crippen molar-refractivity contribution in [3.05, 3.63) is 22.9 Å². The minimum Gasteiger partial charge on any atom is -0.488 e. The molecule has 1 aromatic heterocycles. The number of pyridine rings is 1. The Hall–Kier alpha value is -0.770. The lowest BCUT2D eigenvalue weighted by molar-refractivity contribution is -0.639. The van der Waals surface area contributed by atoms with Crippen LogP contribution in [0.25, 0.3) is 0 Å². The minimum atomic E-state index is 0.649. The lowest BCUT2D eigenvalue weighted by Gasteiger charge is -1.99. The van der Waals surface area contributed by atoms with Crippen LogP contribution in [-0.2, 0) is 0 Å². The Morgan fingerprint density at radius 3 is 2.91 bits per heavy atom. The van der Waals surface area contributed by atoms with Gasteiger partial charge in [0.25, 0.3) is 0 Å². The normalized spacial score (nSPS) is 9.64. The maximum Gasteiger partial charge on any atom is 0.240 e. The molecule has 0 saturated heterocycles. The third kappa shape index (κ3) is 2.38. The molecule has 0 aliphatic heterocycles. The van der Waals surface area contributed by atoms with Gasteiger partial charge in [-0.3, -0.25) is 0 Å². The van der Waals surface area contributed by atoms with Gasteiger partial charge in [-0.05, 0) is 22.9 Å². The summed E-state index contributed by atoms with van der Waals surface area (Å²) in [6, 6.07) is 1.87. The van der Waals surface area contributed by atoms with Gasteiger partial charge < -0.3 is 4.74 Å². The molecular formula is C7H10BrN2O+. The van der Waals surface area contributed by atoms with Crippen molar-refractivity contribution in [3.63, 3.8) is 0 Å². The number of nitrogens with zero attached hydrogens (tertiary/aromatic N) is 1. The summed E-state index contributed by atoms with van der Waals surface area (Å²) in [5, 5.41) is 0. The van der Waals surface area contributed by atoms with E-state index in [1.165, 1.54) is 4.68 Å². The second-order valence-electron chi connectivity index (χ2n) is 2.07. The zero-order valence-electron chi connectivity index (χ0n) is 6.25. The van der Waals surface area contributed by atoms with E-state index in [0.29, 0.717) is 6.61 Å². The number of halogens is 1. The zero-order valence-corrected chi connectivity index (χ0v) is 7.84. The van der Waals surface area contributed by atoms with E-state index in [9.17, 15) is 0 Å². The third-order valence-electron chi connectivity index (χ3n) is 1.14. The Morgan fingerprint density at radius 1 is 1.64 bits per heavy atom. The molecule has 60 valence electrons. The van der Waals surface area contributed by atoms with Crippen molar-refractivity contribution >= 4 is 15.9 Å². The lowest BCUT2D eigenvalue weighted by atomic mass is 10.5. The van der Waals surface area contributed by atoms with E-state index in [4.69, 9.17) is 10.6 Å². The first-order valence-corrected chi connectivity index (χ1v) is 4.11. The molecule has 1 heterocycles. The van der Waals surface area contributed by atoms with E-state index >= 15 is 0 Å². The second kappa shape index (κ2) is 3.57. The van der Waals surface area contributed by atoms with E-state index in [1.807, 2.05) is 13.0 Å². The number of nitrogen functional groups attached to an aromatic ring is 1. The molecule has 0 fully saturated rings. The number of aromatic nitrogens is 1. The highest BCUT2D eigenvalue weighted by molar-refractivity contribution is 9.10. The van der Waals surface area contributed by atoms with Crippen LogP contribution in [-0.4, -0.2) is 6.61 Å². The molecule has 2 N–H and O–H groups in total. The third-order valence-corrected chi connectivity index (χ3v) is 1.57. The van der Waals surface area contributed by atoms with Crippen LogP contribution in [0.5, 0.6) is 5.75 Å². The zero-order chi connectivity index (χ0) is 8.27. The highest BCUT2D eigenvalue weighted by Gasteiger charge is 2.02. The van der Waals surface area contributed by atoms with Gasteiger partial charge >= 0.3 is 0 Å². The van der Waals surface area contributed by atoms with Crippen molar-refractivity contribution in [3.8, 4) is 5.75 Å². The number of nitrogens with two attached hydrogens (primary N) is 1. The van der Waals surface area contributed by atoms with Gasteiger partial charge in [-0.2, -0.15) is 0 Å². The monoisotopic (exact) mass is 217 g/mol. The first-order valence-electron chi connectivity index (χ1n) is 3.32. The van der Waals surface area contributed by atoms with Gasteiger partial charge in [-0.15, -0.1) is 0 Å². The average Bonchev–Trinajstić information content (AvgIpc) is 1.85. The molecule has 0 aromatic carbocycles. The van der Waals surface area contributed by atoms with Gasteiger partial charge in [0.05, 0.1) is 11.1 Å². The van der Waals surface area contributed by atoms with Crippen molar-refractivity contribution < 1.29 is 9.41 Å². The molecule has 0 amide bonds. The number of hydrogen-bond donors (Lipinski definition) is 1. The summed E-state index contributed by atoms with van der Waals surface area (Å²) in [5.74, 6) is 6.26. The molecule has 0 atom stereocenters. The standard InChI is InChI=1S/C7H10BrN2O/c1-2-11-7-3-6(8)4-10(9)5-7/h3-5H,2,9H2,1H3/q+1. The molecule has 0 aliphatic carbocycles. The molecule has 1 rings (SSSR count). The highest BCUT2D eigenvalue weighted by Crippen LogP contribution is 2.13. The molecule has 0 bridgehead atoms. The van der Waals surface area contributed by atoms with Crippen LogP contribution in [0, 0.1) is 0 Å². The Morgan fingerprint density at radius 2 is 2.36 bits per heavy atom. The summed E-state index contributed by atoms with van der Waals surface area (Å²) in [4.78, 5) is 0. The van der Waals surface area contributed by atoms with Crippen molar-refractivity contribution in [1.82, 2.24) is 0 Å². The largest absolute Gasteiger partial charge is 0.488 e. The molecule has 0 spiro atoms. The summed E-state index contributed by atoms with van der Waals surface area (Å²) in [6.45, 7) is 2.58. The van der Waals surface area contributed by atoms with Gasteiger partial charge in [-0.1, -0.05) is 4.68 Å². The van der Waals surface area contributed by atoms with Crippen LogP contribution >= 0.6 is 15.9 Å². The molecule has 0 radical (unpaired) electrons. The summed E-state index contributed by atoms with van der Waals surface area (Å²) >= 11 is 3.30. The highest BCUT2D eigenvalue weighted by atomic mass is 79.9. The van der Waals surface area contributed by atoms with E-state index in [1.54, 1.807) is 12.4 Å². The molecule has 0 aliphatic rings. The van der Waals surface area contributed by atoms with Crippen molar-refractivity contribution in [1.29, 1.82) is 0 Å². The molecule has 11 heavy (non-hydrogen) atoms. The maximum atomic E-state index is 5.50. The fourth-order valence-corrected chi connectivity index (χ4v) is 1.24. The summed E-state index contributed by atoms with van der Waals surface area (Å²) < 4.78 is 7.60. The molecule has 0 saturated carbocycles. The van der Waals surface area contributed by atoms with Crippen LogP contribution in [0.15, 0.2) is 22.9 Å². The van der Waals surface area contributed by atoms with Crippen LogP contribution in [0.3, 0.4) is 0 Å². The van der Waals surface area contributed by atoms with Crippen molar-refractivity contribution in [2.75, 3.05) is 12.4 Å². The van der Waals surface area contributed by atoms with Crippen LogP contribution in [0.1, 0.15) is 6.92 Å². The topological polar surface area (TPSA) is 39.1 Å². The second-order valence-corrected chi connectivity index (χ2v) is 2.99. The molecular weight excluding hydrogens is 208 g/mol. The van der Waals surface area contributed by atoms with Crippen LogP contribution in [0.2, 0.25) is 0 Å². The van der Waals surface area contributed by atoms with Gasteiger partial charge in [0, 0.05) is 6.07 Å². The summed E-state index contributed by atoms with van der Waals surface area (Å²) in [7, 11) is 0. The maximum absolute atomic E-state index is 5.50. The summed E-state index contributed by atoms with van der Waals surface area (Å²) in [6.07, 6.45) is 3.47. The fourth-order valence-electron chi connectivity index (χ4n) is 0.783. The first-order chi connectivity index (χ1) is 5.22. The van der Waals surface area contributed by atoms with E-state index < -0.39 is 0 Å². The Balaban J connectivity index is 2.89. The predicted octanol–water partition coefficient (Wildman–Crippen LogP) is 0.849. The lowest BCUT2D eigenvalue weighted by Crippen LogP contribution is -2.43. The minimum absolute atomic E-state index is 0.649. The van der Waals surface area contributed by atoms with Crippen molar-refractivity contribution in [2.45, 2.75) is 6.92 Å². The van der Waals surface area contributed by atoms with Gasteiger partial charge in [0.2, 0.25) is 12.4 Å². The smallest absolute Gasteiger partial charge is 0.240 e. The van der Waals surface area contributed by atoms with E-state index in [2.05, 4.69) is 15.9 Å². The molecule has 1 aromatic rings. The summed E-state index contributed by atoms with van der Waals surface area (Å²) in [5.41, 5.74) is 0.